The van der Waals surface area contributed by atoms with Crippen molar-refractivity contribution in [1.82, 2.24) is 0 Å². The normalized spacial score (nSPS) is 11.4. The Labute approximate surface area is 218 Å². The zero-order chi connectivity index (χ0) is 26.0. The van der Waals surface area contributed by atoms with Crippen LogP contribution in [-0.4, -0.2) is 6.61 Å². The SMILES string of the molecule is CCCCCCc1ccc(CCc2ccc3c(F)c(CCc4ccc(OC(F)F)cc4)ccc3c2)cc1. The Kier molecular flexibility index (Phi) is 9.65. The molecule has 0 aromatic heterocycles. The maximum atomic E-state index is 15.2. The van der Waals surface area contributed by atoms with Crippen LogP contribution in [0, 0.1) is 5.82 Å². The minimum atomic E-state index is -2.84. The zero-order valence-corrected chi connectivity index (χ0v) is 21.5. The van der Waals surface area contributed by atoms with Crippen LogP contribution in [-0.2, 0) is 32.1 Å². The first-order chi connectivity index (χ1) is 18.0. The number of ether oxygens (including phenoxy) is 1. The van der Waals surface area contributed by atoms with Crippen LogP contribution in [0.5, 0.6) is 5.75 Å². The van der Waals surface area contributed by atoms with Gasteiger partial charge in [-0.05, 0) is 83.9 Å². The molecule has 0 aliphatic carbocycles. The van der Waals surface area contributed by atoms with Gasteiger partial charge in [-0.2, -0.15) is 8.78 Å². The summed E-state index contributed by atoms with van der Waals surface area (Å²) in [5, 5.41) is 1.55. The van der Waals surface area contributed by atoms with E-state index in [0.717, 1.165) is 30.2 Å². The van der Waals surface area contributed by atoms with Crippen LogP contribution in [0.1, 0.15) is 60.4 Å². The fraction of sp³-hybridized carbons (Fsp3) is 0.333. The Balaban J connectivity index is 1.33. The molecule has 4 aromatic rings. The lowest BCUT2D eigenvalue weighted by molar-refractivity contribution is -0.0498. The van der Waals surface area contributed by atoms with Gasteiger partial charge in [0.05, 0.1) is 0 Å². The van der Waals surface area contributed by atoms with Gasteiger partial charge >= 0.3 is 6.61 Å². The van der Waals surface area contributed by atoms with E-state index in [4.69, 9.17) is 0 Å². The summed E-state index contributed by atoms with van der Waals surface area (Å²) in [5.74, 6) is -0.0579. The Bertz CT molecular complexity index is 1260. The number of unbranched alkanes of at least 4 members (excludes halogenated alkanes) is 3. The Morgan fingerprint density at radius 1 is 0.622 bits per heavy atom. The van der Waals surface area contributed by atoms with Gasteiger partial charge in [-0.3, -0.25) is 0 Å². The highest BCUT2D eigenvalue weighted by Crippen LogP contribution is 2.25. The number of rotatable bonds is 13. The standard InChI is InChI=1S/C33H35F3O/c1-2-3-4-5-6-24-7-9-25(10-8-24)11-12-27-16-22-31-29(23-27)19-18-28(32(31)34)17-13-26-14-20-30(21-15-26)37-33(35)36/h7-10,14-16,18-23,33H,2-6,11-13,17H2,1H3. The van der Waals surface area contributed by atoms with E-state index in [9.17, 15) is 8.78 Å². The van der Waals surface area contributed by atoms with E-state index in [1.807, 2.05) is 24.3 Å². The molecule has 1 nitrogen and oxygen atoms in total. The average molecular weight is 505 g/mol. The predicted octanol–water partition coefficient (Wildman–Crippen LogP) is 9.27. The van der Waals surface area contributed by atoms with Crippen molar-refractivity contribution >= 4 is 10.8 Å². The molecular formula is C33H35F3O. The molecule has 0 aliphatic rings. The highest BCUT2D eigenvalue weighted by molar-refractivity contribution is 5.84. The number of alkyl halides is 2. The fourth-order valence-electron chi connectivity index (χ4n) is 4.77. The average Bonchev–Trinajstić information content (AvgIpc) is 2.91. The third-order valence-electron chi connectivity index (χ3n) is 6.97. The van der Waals surface area contributed by atoms with E-state index < -0.39 is 6.61 Å². The van der Waals surface area contributed by atoms with E-state index in [-0.39, 0.29) is 11.6 Å². The summed E-state index contributed by atoms with van der Waals surface area (Å²) in [6, 6.07) is 25.3. The Morgan fingerprint density at radius 3 is 1.89 bits per heavy atom. The quantitative estimate of drug-likeness (QED) is 0.165. The van der Waals surface area contributed by atoms with Gasteiger partial charge in [0.15, 0.2) is 0 Å². The lowest BCUT2D eigenvalue weighted by atomic mass is 9.97. The molecule has 0 bridgehead atoms. The van der Waals surface area contributed by atoms with Crippen LogP contribution in [0.4, 0.5) is 13.2 Å². The number of hydrogen-bond acceptors (Lipinski definition) is 1. The molecule has 0 aliphatic heterocycles. The molecule has 0 spiro atoms. The molecule has 4 aromatic carbocycles. The fourth-order valence-corrected chi connectivity index (χ4v) is 4.77. The maximum Gasteiger partial charge on any atom is 0.387 e. The van der Waals surface area contributed by atoms with Gasteiger partial charge in [0.1, 0.15) is 11.6 Å². The lowest BCUT2D eigenvalue weighted by Gasteiger charge is -2.10. The number of halogens is 3. The molecule has 0 N–H and O–H groups in total. The first-order valence-corrected chi connectivity index (χ1v) is 13.3. The number of benzene rings is 4. The minimum Gasteiger partial charge on any atom is -0.435 e. The van der Waals surface area contributed by atoms with Gasteiger partial charge in [0.2, 0.25) is 0 Å². The summed E-state index contributed by atoms with van der Waals surface area (Å²) >= 11 is 0. The smallest absolute Gasteiger partial charge is 0.387 e. The summed E-state index contributed by atoms with van der Waals surface area (Å²) in [4.78, 5) is 0. The second kappa shape index (κ2) is 13.3. The second-order valence-corrected chi connectivity index (χ2v) is 9.74. The first kappa shape index (κ1) is 26.8. The topological polar surface area (TPSA) is 9.23 Å². The van der Waals surface area contributed by atoms with Crippen molar-refractivity contribution in [3.8, 4) is 5.75 Å². The summed E-state index contributed by atoms with van der Waals surface area (Å²) in [6.45, 7) is -0.600. The van der Waals surface area contributed by atoms with Crippen molar-refractivity contribution in [1.29, 1.82) is 0 Å². The molecule has 0 amide bonds. The van der Waals surface area contributed by atoms with Gasteiger partial charge < -0.3 is 4.74 Å². The molecule has 0 unspecified atom stereocenters. The molecule has 37 heavy (non-hydrogen) atoms. The van der Waals surface area contributed by atoms with E-state index in [1.165, 1.54) is 54.5 Å². The molecule has 0 fully saturated rings. The summed E-state index contributed by atoms with van der Waals surface area (Å²) in [5.41, 5.74) is 5.54. The molecule has 0 radical (unpaired) electrons. The van der Waals surface area contributed by atoms with Crippen molar-refractivity contribution in [2.75, 3.05) is 0 Å². The third-order valence-corrected chi connectivity index (χ3v) is 6.97. The lowest BCUT2D eigenvalue weighted by Crippen LogP contribution is -2.02. The van der Waals surface area contributed by atoms with Gasteiger partial charge in [0, 0.05) is 5.39 Å². The van der Waals surface area contributed by atoms with Crippen molar-refractivity contribution in [3.63, 3.8) is 0 Å². The predicted molar refractivity (Wildman–Crippen MR) is 146 cm³/mol. The summed E-state index contributed by atoms with van der Waals surface area (Å²) in [6.07, 6.45) is 9.33. The van der Waals surface area contributed by atoms with Crippen LogP contribution in [0.2, 0.25) is 0 Å². The van der Waals surface area contributed by atoms with Crippen LogP contribution < -0.4 is 4.74 Å². The first-order valence-electron chi connectivity index (χ1n) is 13.3. The molecule has 0 heterocycles. The van der Waals surface area contributed by atoms with Crippen LogP contribution >= 0.6 is 0 Å². The van der Waals surface area contributed by atoms with Crippen LogP contribution in [0.25, 0.3) is 10.8 Å². The molecular weight excluding hydrogens is 469 g/mol. The monoisotopic (exact) mass is 504 g/mol. The largest absolute Gasteiger partial charge is 0.435 e. The van der Waals surface area contributed by atoms with E-state index in [0.29, 0.717) is 23.8 Å². The van der Waals surface area contributed by atoms with Gasteiger partial charge in [0.25, 0.3) is 0 Å². The maximum absolute atomic E-state index is 15.2. The number of hydrogen-bond donors (Lipinski definition) is 0. The van der Waals surface area contributed by atoms with Gasteiger partial charge in [-0.1, -0.05) is 92.9 Å². The number of fused-ring (bicyclic) bond motifs is 1. The van der Waals surface area contributed by atoms with E-state index in [2.05, 4.69) is 42.0 Å². The number of aryl methyl sites for hydroxylation is 5. The zero-order valence-electron chi connectivity index (χ0n) is 21.5. The van der Waals surface area contributed by atoms with E-state index >= 15 is 4.39 Å². The Morgan fingerprint density at radius 2 is 1.22 bits per heavy atom. The molecule has 4 heteroatoms. The molecule has 194 valence electrons. The van der Waals surface area contributed by atoms with Crippen molar-refractivity contribution < 1.29 is 17.9 Å². The van der Waals surface area contributed by atoms with Crippen molar-refractivity contribution in [2.24, 2.45) is 0 Å². The van der Waals surface area contributed by atoms with Crippen LogP contribution in [0.15, 0.2) is 78.9 Å². The minimum absolute atomic E-state index is 0.126. The molecule has 4 rings (SSSR count). The highest BCUT2D eigenvalue weighted by atomic mass is 19.3. The summed E-state index contributed by atoms with van der Waals surface area (Å²) < 4.78 is 44.2. The highest BCUT2D eigenvalue weighted by Gasteiger charge is 2.10. The van der Waals surface area contributed by atoms with Gasteiger partial charge in [-0.15, -0.1) is 0 Å². The van der Waals surface area contributed by atoms with Gasteiger partial charge in [-0.25, -0.2) is 4.39 Å². The molecule has 0 atom stereocenters. The molecule has 0 saturated carbocycles. The van der Waals surface area contributed by atoms with Crippen molar-refractivity contribution in [3.05, 3.63) is 112 Å². The van der Waals surface area contributed by atoms with E-state index in [1.54, 1.807) is 12.1 Å². The van der Waals surface area contributed by atoms with Crippen molar-refractivity contribution in [2.45, 2.75) is 71.3 Å². The molecule has 0 saturated heterocycles. The second-order valence-electron chi connectivity index (χ2n) is 9.74. The van der Waals surface area contributed by atoms with Crippen LogP contribution in [0.3, 0.4) is 0 Å². The Hall–Kier alpha value is -3.27. The third kappa shape index (κ3) is 7.85. The summed E-state index contributed by atoms with van der Waals surface area (Å²) in [7, 11) is 0.